The Morgan fingerprint density at radius 2 is 1.77 bits per heavy atom. The number of nitrogens with zero attached hydrogens (tertiary/aromatic N) is 3. The quantitative estimate of drug-likeness (QED) is 0.473. The van der Waals surface area contributed by atoms with Gasteiger partial charge in [0.2, 0.25) is 5.91 Å². The van der Waals surface area contributed by atoms with Crippen LogP contribution in [0.3, 0.4) is 0 Å². The molecule has 2 amide bonds. The molecule has 0 spiro atoms. The molecule has 0 saturated carbocycles. The van der Waals surface area contributed by atoms with E-state index in [0.29, 0.717) is 16.8 Å². The second kappa shape index (κ2) is 9.38. The molecule has 0 radical (unpaired) electrons. The van der Waals surface area contributed by atoms with Gasteiger partial charge in [0, 0.05) is 12.3 Å². The first kappa shape index (κ1) is 21.3. The third kappa shape index (κ3) is 4.42. The van der Waals surface area contributed by atoms with Crippen molar-refractivity contribution < 1.29 is 23.1 Å². The maximum absolute atomic E-state index is 12.7. The van der Waals surface area contributed by atoms with E-state index in [1.165, 1.54) is 20.1 Å². The molecule has 0 aliphatic rings. The van der Waals surface area contributed by atoms with Crippen molar-refractivity contribution in [2.24, 2.45) is 10.2 Å². The fourth-order valence-corrected chi connectivity index (χ4v) is 3.51. The van der Waals surface area contributed by atoms with Crippen LogP contribution in [0.4, 0.5) is 11.4 Å². The first-order valence-electron chi connectivity index (χ1n) is 8.90. The molecule has 1 N–H and O–H groups in total. The van der Waals surface area contributed by atoms with Crippen LogP contribution >= 0.6 is 0 Å². The molecule has 154 valence electrons. The van der Waals surface area contributed by atoms with Crippen molar-refractivity contribution in [2.75, 3.05) is 18.6 Å². The normalized spacial score (nSPS) is 12.1. The number of fused-ring (bicyclic) bond motifs is 1. The van der Waals surface area contributed by atoms with Crippen LogP contribution in [0.5, 0.6) is 5.75 Å². The molecule has 3 rings (SSSR count). The number of methoxy groups -OCH3 is 1. The van der Waals surface area contributed by atoms with Crippen molar-refractivity contribution in [3.8, 4) is 5.75 Å². The van der Waals surface area contributed by atoms with Crippen LogP contribution in [0.25, 0.3) is 10.8 Å². The van der Waals surface area contributed by atoms with Gasteiger partial charge in [-0.05, 0) is 23.6 Å². The molecule has 3 aromatic rings. The molecule has 8 nitrogen and oxygen atoms in total. The number of benzene rings is 3. The van der Waals surface area contributed by atoms with Crippen LogP contribution in [0.1, 0.15) is 6.92 Å². The summed E-state index contributed by atoms with van der Waals surface area (Å²) in [5.74, 6) is -0.741. The maximum Gasteiger partial charge on any atom is 0.257 e. The number of imide groups is 1. The van der Waals surface area contributed by atoms with Gasteiger partial charge in [-0.2, -0.15) is 10.2 Å². The molecule has 3 aromatic carbocycles. The molecule has 0 bridgehead atoms. The Morgan fingerprint density at radius 1 is 1.07 bits per heavy atom. The number of carbonyl (C=O) groups is 2. The number of ether oxygens (including phenoxy) is 1. The summed E-state index contributed by atoms with van der Waals surface area (Å²) in [6, 6.07) is 17.0. The Labute approximate surface area is 175 Å². The summed E-state index contributed by atoms with van der Waals surface area (Å²) in [6.07, 6.45) is 0. The minimum Gasteiger partial charge on any atom is -0.495 e. The predicted molar refractivity (Wildman–Crippen MR) is 114 cm³/mol. The zero-order valence-electron chi connectivity index (χ0n) is 16.3. The van der Waals surface area contributed by atoms with Gasteiger partial charge in [0.1, 0.15) is 18.0 Å². The summed E-state index contributed by atoms with van der Waals surface area (Å²) in [4.78, 5) is 25.9. The highest BCUT2D eigenvalue weighted by Crippen LogP contribution is 2.32. The summed E-state index contributed by atoms with van der Waals surface area (Å²) >= 11 is -2.28. The average molecular weight is 425 g/mol. The summed E-state index contributed by atoms with van der Waals surface area (Å²) in [5, 5.41) is 9.41. The minimum atomic E-state index is -2.28. The van der Waals surface area contributed by atoms with Gasteiger partial charge in [-0.25, -0.2) is 9.11 Å². The van der Waals surface area contributed by atoms with Gasteiger partial charge in [0.15, 0.2) is 11.1 Å². The number of azo groups is 1. The Bertz CT molecular complexity index is 1160. The van der Waals surface area contributed by atoms with E-state index in [2.05, 4.69) is 10.2 Å². The van der Waals surface area contributed by atoms with E-state index >= 15 is 0 Å². The first-order valence-corrected chi connectivity index (χ1v) is 10.0. The third-order valence-corrected chi connectivity index (χ3v) is 5.02. The van der Waals surface area contributed by atoms with Crippen molar-refractivity contribution in [2.45, 2.75) is 11.8 Å². The van der Waals surface area contributed by atoms with E-state index in [0.717, 1.165) is 10.3 Å². The van der Waals surface area contributed by atoms with E-state index < -0.39 is 29.4 Å². The molecule has 0 saturated heterocycles. The largest absolute Gasteiger partial charge is 0.495 e. The molecule has 0 aliphatic carbocycles. The van der Waals surface area contributed by atoms with Crippen LogP contribution in [0.2, 0.25) is 0 Å². The molecule has 9 heteroatoms. The number of para-hydroxylation sites is 2. The van der Waals surface area contributed by atoms with Gasteiger partial charge >= 0.3 is 0 Å². The van der Waals surface area contributed by atoms with Crippen molar-refractivity contribution in [1.29, 1.82) is 0 Å². The van der Waals surface area contributed by atoms with Gasteiger partial charge in [-0.3, -0.25) is 9.59 Å². The van der Waals surface area contributed by atoms with Gasteiger partial charge in [0.25, 0.3) is 5.91 Å². The predicted octanol–water partition coefficient (Wildman–Crippen LogP) is 4.09. The number of amides is 2. The number of carbonyl (C=O) groups excluding carboxylic acids is 2. The van der Waals surface area contributed by atoms with Crippen LogP contribution in [-0.4, -0.2) is 34.2 Å². The Kier molecular flexibility index (Phi) is 6.65. The van der Waals surface area contributed by atoms with Crippen molar-refractivity contribution in [3.05, 3.63) is 60.7 Å². The lowest BCUT2D eigenvalue weighted by Gasteiger charge is -2.20. The molecular formula is C21H19N3O5S. The molecule has 0 aliphatic heterocycles. The first-order chi connectivity index (χ1) is 14.4. The van der Waals surface area contributed by atoms with Crippen LogP contribution in [0.15, 0.2) is 75.8 Å². The average Bonchev–Trinajstić information content (AvgIpc) is 2.73. The fraction of sp³-hybridized carbons (Fsp3) is 0.143. The summed E-state index contributed by atoms with van der Waals surface area (Å²) in [5.41, 5.74) is 0.503. The molecule has 1 unspecified atom stereocenters. The lowest BCUT2D eigenvalue weighted by atomic mass is 10.1. The second-order valence-electron chi connectivity index (χ2n) is 6.20. The molecule has 0 fully saturated rings. The lowest BCUT2D eigenvalue weighted by Crippen LogP contribution is -2.37. The van der Waals surface area contributed by atoms with Gasteiger partial charge in [-0.15, -0.1) is 0 Å². The molecule has 0 aromatic heterocycles. The highest BCUT2D eigenvalue weighted by Gasteiger charge is 2.23. The summed E-state index contributed by atoms with van der Waals surface area (Å²) in [7, 11) is 1.44. The third-order valence-electron chi connectivity index (χ3n) is 4.32. The number of hydrogen-bond acceptors (Lipinski definition) is 6. The zero-order valence-corrected chi connectivity index (χ0v) is 17.1. The van der Waals surface area contributed by atoms with E-state index in [4.69, 9.17) is 4.74 Å². The van der Waals surface area contributed by atoms with E-state index in [1.54, 1.807) is 42.5 Å². The SMILES string of the molecule is COc1ccccc1N(C(C)=O)C(=O)CN=Nc1c(S(=O)O)ccc2ccccc12. The standard InChI is InChI=1S/C21H19N3O5S/c1-14(25)24(17-9-5-6-10-18(17)29-2)20(26)13-22-23-21-16-8-4-3-7-15(16)11-12-19(21)30(27)28/h3-12H,13H2,1-2H3,(H,27,28). The Morgan fingerprint density at radius 3 is 2.47 bits per heavy atom. The Hall–Kier alpha value is -3.43. The molecule has 30 heavy (non-hydrogen) atoms. The highest BCUT2D eigenvalue weighted by atomic mass is 32.2. The monoisotopic (exact) mass is 425 g/mol. The van der Waals surface area contributed by atoms with E-state index in [9.17, 15) is 18.4 Å². The fourth-order valence-electron chi connectivity index (χ4n) is 3.01. The second-order valence-corrected chi connectivity index (χ2v) is 7.14. The van der Waals surface area contributed by atoms with Crippen LogP contribution < -0.4 is 9.64 Å². The van der Waals surface area contributed by atoms with E-state index in [-0.39, 0.29) is 10.6 Å². The van der Waals surface area contributed by atoms with E-state index in [1.807, 2.05) is 12.1 Å². The number of hydrogen-bond donors (Lipinski definition) is 1. The minimum absolute atomic E-state index is 0.0815. The molecule has 0 heterocycles. The van der Waals surface area contributed by atoms with Crippen molar-refractivity contribution >= 4 is 45.0 Å². The maximum atomic E-state index is 12.7. The molecule has 1 atom stereocenters. The van der Waals surface area contributed by atoms with Crippen molar-refractivity contribution in [1.82, 2.24) is 0 Å². The summed E-state index contributed by atoms with van der Waals surface area (Å²) in [6.45, 7) is 0.831. The topological polar surface area (TPSA) is 109 Å². The zero-order chi connectivity index (χ0) is 21.7. The van der Waals surface area contributed by atoms with Gasteiger partial charge < -0.3 is 9.29 Å². The lowest BCUT2D eigenvalue weighted by molar-refractivity contribution is -0.124. The Balaban J connectivity index is 1.92. The van der Waals surface area contributed by atoms with Gasteiger partial charge in [-0.1, -0.05) is 42.5 Å². The van der Waals surface area contributed by atoms with Crippen LogP contribution in [0, 0.1) is 0 Å². The van der Waals surface area contributed by atoms with Crippen molar-refractivity contribution in [3.63, 3.8) is 0 Å². The van der Waals surface area contributed by atoms with Crippen LogP contribution in [-0.2, 0) is 20.7 Å². The number of anilines is 1. The smallest absolute Gasteiger partial charge is 0.257 e. The highest BCUT2D eigenvalue weighted by molar-refractivity contribution is 7.79. The molecular weight excluding hydrogens is 406 g/mol. The number of rotatable bonds is 6. The summed E-state index contributed by atoms with van der Waals surface area (Å²) < 4.78 is 26.5. The van der Waals surface area contributed by atoms with Gasteiger partial charge in [0.05, 0.1) is 17.7 Å².